The normalized spacial score (nSPS) is 20.8. The van der Waals surface area contributed by atoms with Crippen LogP contribution >= 0.6 is 23.2 Å². The number of ether oxygens (including phenoxy) is 2. The topological polar surface area (TPSA) is 72.9 Å². The molecule has 9 heteroatoms. The van der Waals surface area contributed by atoms with Crippen molar-refractivity contribution in [3.05, 3.63) is 21.7 Å². The van der Waals surface area contributed by atoms with Crippen molar-refractivity contribution in [2.45, 2.75) is 43.6 Å². The van der Waals surface area contributed by atoms with Gasteiger partial charge in [0.15, 0.2) is 6.10 Å². The molecule has 0 aliphatic carbocycles. The van der Waals surface area contributed by atoms with Crippen molar-refractivity contribution in [3.8, 4) is 5.75 Å². The largest absolute Gasteiger partial charge is 0.476 e. The van der Waals surface area contributed by atoms with Crippen LogP contribution in [0.4, 0.5) is 0 Å². The van der Waals surface area contributed by atoms with Gasteiger partial charge in [0.2, 0.25) is 10.0 Å². The lowest BCUT2D eigenvalue weighted by Gasteiger charge is -2.26. The molecule has 1 aromatic carbocycles. The smallest absolute Gasteiger partial charge is 0.347 e. The minimum Gasteiger partial charge on any atom is -0.476 e. The van der Waals surface area contributed by atoms with E-state index >= 15 is 0 Å². The molecule has 0 N–H and O–H groups in total. The fourth-order valence-corrected chi connectivity index (χ4v) is 5.49. The van der Waals surface area contributed by atoms with Crippen molar-refractivity contribution in [1.29, 1.82) is 0 Å². The van der Waals surface area contributed by atoms with E-state index in [1.807, 2.05) is 0 Å². The van der Waals surface area contributed by atoms with Crippen molar-refractivity contribution < 1.29 is 22.7 Å². The monoisotopic (exact) mass is 407 g/mol. The van der Waals surface area contributed by atoms with Crippen LogP contribution in [0.2, 0.25) is 10.0 Å². The molecule has 0 saturated carbocycles. The molecule has 1 aromatic rings. The van der Waals surface area contributed by atoms with Gasteiger partial charge < -0.3 is 9.47 Å². The van der Waals surface area contributed by atoms with Gasteiger partial charge in [0, 0.05) is 25.1 Å². The van der Waals surface area contributed by atoms with Gasteiger partial charge in [-0.05, 0) is 25.8 Å². The first-order valence-electron chi connectivity index (χ1n) is 8.20. The fraction of sp³-hybridized carbons (Fsp3) is 0.562. The lowest BCUT2D eigenvalue weighted by Crippen LogP contribution is -2.35. The van der Waals surface area contributed by atoms with Crippen LogP contribution in [0.5, 0.6) is 5.75 Å². The molecule has 3 rings (SSSR count). The van der Waals surface area contributed by atoms with Gasteiger partial charge in [-0.25, -0.2) is 13.2 Å². The highest BCUT2D eigenvalue weighted by Crippen LogP contribution is 2.44. The third kappa shape index (κ3) is 3.47. The number of hydrogen-bond acceptors (Lipinski definition) is 5. The molecule has 0 amide bonds. The second-order valence-electron chi connectivity index (χ2n) is 6.02. The number of carbonyl (C=O) groups excluding carboxylic acids is 1. The van der Waals surface area contributed by atoms with E-state index in [1.54, 1.807) is 6.92 Å². The molecule has 25 heavy (non-hydrogen) atoms. The number of fused-ring (bicyclic) bond motifs is 1. The highest BCUT2D eigenvalue weighted by molar-refractivity contribution is 7.89. The Morgan fingerprint density at radius 1 is 1.28 bits per heavy atom. The molecule has 6 nitrogen and oxygen atoms in total. The van der Waals surface area contributed by atoms with Gasteiger partial charge in [0.1, 0.15) is 15.7 Å². The number of esters is 1. The summed E-state index contributed by atoms with van der Waals surface area (Å²) >= 11 is 12.5. The Morgan fingerprint density at radius 2 is 1.96 bits per heavy atom. The van der Waals surface area contributed by atoms with E-state index in [2.05, 4.69) is 0 Å². The first kappa shape index (κ1) is 18.8. The Balaban J connectivity index is 1.96. The van der Waals surface area contributed by atoms with Crippen molar-refractivity contribution in [2.75, 3.05) is 19.7 Å². The predicted molar refractivity (Wildman–Crippen MR) is 93.8 cm³/mol. The predicted octanol–water partition coefficient (Wildman–Crippen LogP) is 3.03. The lowest BCUT2D eigenvalue weighted by atomic mass is 10.1. The first-order chi connectivity index (χ1) is 11.9. The highest BCUT2D eigenvalue weighted by atomic mass is 35.5. The summed E-state index contributed by atoms with van der Waals surface area (Å²) < 4.78 is 37.8. The fourth-order valence-electron chi connectivity index (χ4n) is 3.10. The Morgan fingerprint density at radius 3 is 2.60 bits per heavy atom. The van der Waals surface area contributed by atoms with Crippen LogP contribution in [-0.2, 0) is 26.0 Å². The number of halogens is 2. The summed E-state index contributed by atoms with van der Waals surface area (Å²) in [4.78, 5) is 11.9. The van der Waals surface area contributed by atoms with E-state index in [4.69, 9.17) is 32.7 Å². The van der Waals surface area contributed by atoms with Crippen LogP contribution in [0, 0.1) is 0 Å². The summed E-state index contributed by atoms with van der Waals surface area (Å²) in [5.74, 6) is -0.256. The quantitative estimate of drug-likeness (QED) is 0.717. The van der Waals surface area contributed by atoms with E-state index in [-0.39, 0.29) is 33.7 Å². The maximum Gasteiger partial charge on any atom is 0.347 e. The molecular formula is C16H19Cl2NO5S. The van der Waals surface area contributed by atoms with Crippen LogP contribution in [0.3, 0.4) is 0 Å². The minimum absolute atomic E-state index is 0.0153. The third-order valence-electron chi connectivity index (χ3n) is 4.35. The minimum atomic E-state index is -3.74. The number of piperidine rings is 1. The summed E-state index contributed by atoms with van der Waals surface area (Å²) in [6.45, 7) is 2.87. The van der Waals surface area contributed by atoms with Crippen molar-refractivity contribution in [2.24, 2.45) is 0 Å². The second kappa shape index (κ2) is 7.31. The highest BCUT2D eigenvalue weighted by Gasteiger charge is 2.37. The first-order valence-corrected chi connectivity index (χ1v) is 10.4. The molecule has 2 aliphatic rings. The summed E-state index contributed by atoms with van der Waals surface area (Å²) in [5, 5.41) is -0.0583. The van der Waals surface area contributed by atoms with E-state index < -0.39 is 22.1 Å². The van der Waals surface area contributed by atoms with Gasteiger partial charge in [-0.2, -0.15) is 4.31 Å². The summed E-state index contributed by atoms with van der Waals surface area (Å²) in [5.41, 5.74) is 0.544. The lowest BCUT2D eigenvalue weighted by molar-refractivity contribution is -0.150. The summed E-state index contributed by atoms with van der Waals surface area (Å²) in [6, 6.07) is 1.46. The van der Waals surface area contributed by atoms with E-state index in [1.165, 1.54) is 10.4 Å². The van der Waals surface area contributed by atoms with Gasteiger partial charge in [-0.15, -0.1) is 0 Å². The second-order valence-corrected chi connectivity index (χ2v) is 8.68. The van der Waals surface area contributed by atoms with Gasteiger partial charge in [0.05, 0.1) is 11.6 Å². The average molecular weight is 408 g/mol. The Kier molecular flexibility index (Phi) is 5.48. The van der Waals surface area contributed by atoms with Crippen LogP contribution in [0.15, 0.2) is 11.0 Å². The zero-order valence-electron chi connectivity index (χ0n) is 13.8. The van der Waals surface area contributed by atoms with E-state index in [0.717, 1.165) is 19.3 Å². The molecule has 0 spiro atoms. The van der Waals surface area contributed by atoms with Gasteiger partial charge >= 0.3 is 5.97 Å². The Bertz CT molecular complexity index is 790. The van der Waals surface area contributed by atoms with Crippen molar-refractivity contribution in [3.63, 3.8) is 0 Å². The van der Waals surface area contributed by atoms with Gasteiger partial charge in [0.25, 0.3) is 0 Å². The number of sulfonamides is 1. The van der Waals surface area contributed by atoms with Crippen LogP contribution in [-0.4, -0.2) is 44.5 Å². The van der Waals surface area contributed by atoms with Crippen LogP contribution < -0.4 is 4.74 Å². The zero-order valence-corrected chi connectivity index (χ0v) is 16.1. The van der Waals surface area contributed by atoms with Gasteiger partial charge in [-0.1, -0.05) is 29.6 Å². The standard InChI is InChI=1S/C16H19Cl2NO5S/c1-2-23-16(20)11-8-10-9-12(13(17)14(18)15(10)24-11)25(21,22)19-6-4-3-5-7-19/h9,11H,2-8H2,1H3. The summed E-state index contributed by atoms with van der Waals surface area (Å²) in [7, 11) is -3.74. The number of nitrogens with zero attached hydrogens (tertiary/aromatic N) is 1. The molecule has 0 aromatic heterocycles. The average Bonchev–Trinajstić information content (AvgIpc) is 3.03. The van der Waals surface area contributed by atoms with Crippen molar-refractivity contribution >= 4 is 39.2 Å². The zero-order chi connectivity index (χ0) is 18.2. The molecule has 1 fully saturated rings. The Hall–Kier alpha value is -1.02. The van der Waals surface area contributed by atoms with Crippen LogP contribution in [0.25, 0.3) is 0 Å². The molecule has 138 valence electrons. The molecule has 0 radical (unpaired) electrons. The van der Waals surface area contributed by atoms with Gasteiger partial charge in [-0.3, -0.25) is 0 Å². The molecule has 2 heterocycles. The maximum atomic E-state index is 12.9. The summed E-state index contributed by atoms with van der Waals surface area (Å²) in [6.07, 6.45) is 2.02. The SMILES string of the molecule is CCOC(=O)C1Cc2cc(S(=O)(=O)N3CCCCC3)c(Cl)c(Cl)c2O1. The molecular weight excluding hydrogens is 389 g/mol. The molecule has 1 atom stereocenters. The molecule has 1 unspecified atom stereocenters. The third-order valence-corrected chi connectivity index (χ3v) is 7.24. The number of rotatable bonds is 4. The van der Waals surface area contributed by atoms with Crippen LogP contribution in [0.1, 0.15) is 31.7 Å². The van der Waals surface area contributed by atoms with Crippen molar-refractivity contribution in [1.82, 2.24) is 4.31 Å². The molecule has 1 saturated heterocycles. The number of benzene rings is 1. The Labute approximate surface area is 157 Å². The van der Waals surface area contributed by atoms with E-state index in [0.29, 0.717) is 18.7 Å². The number of carbonyl (C=O) groups is 1. The molecule has 2 aliphatic heterocycles. The van der Waals surface area contributed by atoms with E-state index in [9.17, 15) is 13.2 Å². The maximum absolute atomic E-state index is 12.9. The molecule has 0 bridgehead atoms. The number of hydrogen-bond donors (Lipinski definition) is 0.